The van der Waals surface area contributed by atoms with Gasteiger partial charge in [0, 0.05) is 5.69 Å². The highest BCUT2D eigenvalue weighted by Gasteiger charge is 2.39. The van der Waals surface area contributed by atoms with Crippen LogP contribution < -0.4 is 10.6 Å². The maximum Gasteiger partial charge on any atom is 0.475 e. The van der Waals surface area contributed by atoms with E-state index in [0.29, 0.717) is 5.69 Å². The zero-order valence-electron chi connectivity index (χ0n) is 21.4. The molecule has 1 atom stereocenters. The predicted molar refractivity (Wildman–Crippen MR) is 128 cm³/mol. The lowest BCUT2D eigenvalue weighted by Crippen LogP contribution is -2.48. The van der Waals surface area contributed by atoms with Crippen molar-refractivity contribution < 1.29 is 32.5 Å². The Hall–Kier alpha value is -1.93. The summed E-state index contributed by atoms with van der Waals surface area (Å²) in [6.45, 7) is 16.8. The lowest BCUT2D eigenvalue weighted by molar-refractivity contribution is -0.119. The fourth-order valence-electron chi connectivity index (χ4n) is 2.41. The Balaban J connectivity index is 3.09. The quantitative estimate of drug-likeness (QED) is 0.461. The van der Waals surface area contributed by atoms with Gasteiger partial charge >= 0.3 is 13.9 Å². The normalized spacial score (nSPS) is 13.9. The van der Waals surface area contributed by atoms with Gasteiger partial charge in [-0.2, -0.15) is 0 Å². The highest BCUT2D eigenvalue weighted by Crippen LogP contribution is 2.55. The Morgan fingerprint density at radius 3 is 1.79 bits per heavy atom. The second-order valence-electron chi connectivity index (χ2n) is 10.7. The molecule has 2 amide bonds. The number of nitrogens with one attached hydrogen (secondary N) is 2. The molecule has 0 saturated heterocycles. The van der Waals surface area contributed by atoms with Crippen molar-refractivity contribution in [3.8, 4) is 0 Å². The molecule has 188 valence electrons. The smallest absolute Gasteiger partial charge is 0.444 e. The van der Waals surface area contributed by atoms with E-state index in [2.05, 4.69) is 10.6 Å². The summed E-state index contributed by atoms with van der Waals surface area (Å²) in [5.41, 5.74) is -0.915. The summed E-state index contributed by atoms with van der Waals surface area (Å²) in [6, 6.07) is 5.90. The summed E-state index contributed by atoms with van der Waals surface area (Å²) >= 11 is 0. The lowest BCUT2D eigenvalue weighted by Gasteiger charge is -2.31. The highest BCUT2D eigenvalue weighted by molar-refractivity contribution is 7.48. The molecule has 0 aliphatic heterocycles. The zero-order chi connectivity index (χ0) is 25.7. The van der Waals surface area contributed by atoms with Gasteiger partial charge in [-0.25, -0.2) is 9.36 Å². The van der Waals surface area contributed by atoms with Crippen LogP contribution in [-0.2, 0) is 27.7 Å². The van der Waals surface area contributed by atoms with Crippen molar-refractivity contribution >= 4 is 25.5 Å². The van der Waals surface area contributed by atoms with Gasteiger partial charge in [-0.05, 0) is 81.4 Å². The van der Waals surface area contributed by atoms with Gasteiger partial charge in [-0.1, -0.05) is 17.7 Å². The van der Waals surface area contributed by atoms with Crippen LogP contribution in [0.4, 0.5) is 10.5 Å². The molecule has 9 nitrogen and oxygen atoms in total. The Labute approximate surface area is 197 Å². The number of hydrogen-bond donors (Lipinski definition) is 2. The molecule has 33 heavy (non-hydrogen) atoms. The van der Waals surface area contributed by atoms with E-state index < -0.39 is 49.3 Å². The third-order valence-corrected chi connectivity index (χ3v) is 5.51. The van der Waals surface area contributed by atoms with Gasteiger partial charge in [0.05, 0.1) is 17.8 Å². The number of hydrogen-bond acceptors (Lipinski definition) is 7. The topological polar surface area (TPSA) is 112 Å². The number of amides is 2. The van der Waals surface area contributed by atoms with Crippen molar-refractivity contribution in [2.75, 3.05) is 11.9 Å². The van der Waals surface area contributed by atoms with Gasteiger partial charge in [0.15, 0.2) is 0 Å². The number of aryl methyl sites for hydroxylation is 1. The van der Waals surface area contributed by atoms with Crippen molar-refractivity contribution in [2.24, 2.45) is 0 Å². The summed E-state index contributed by atoms with van der Waals surface area (Å²) in [5, 5.41) is 5.18. The van der Waals surface area contributed by atoms with Crippen molar-refractivity contribution in [1.29, 1.82) is 0 Å². The molecule has 1 aromatic rings. The van der Waals surface area contributed by atoms with Gasteiger partial charge in [-0.3, -0.25) is 18.4 Å². The Kier molecular flexibility index (Phi) is 9.70. The third-order valence-electron chi connectivity index (χ3n) is 3.50. The van der Waals surface area contributed by atoms with Crippen LogP contribution in [0.15, 0.2) is 24.3 Å². The molecule has 0 aromatic heterocycles. The average Bonchev–Trinajstić information content (AvgIpc) is 2.55. The second kappa shape index (κ2) is 11.0. The van der Waals surface area contributed by atoms with E-state index >= 15 is 0 Å². The van der Waals surface area contributed by atoms with Crippen LogP contribution in [0.2, 0.25) is 0 Å². The van der Waals surface area contributed by atoms with Crippen LogP contribution in [0, 0.1) is 6.92 Å². The minimum Gasteiger partial charge on any atom is -0.444 e. The summed E-state index contributed by atoms with van der Waals surface area (Å²) < 4.78 is 35.3. The minimum absolute atomic E-state index is 0.472. The molecular weight excluding hydrogens is 447 g/mol. The van der Waals surface area contributed by atoms with Crippen molar-refractivity contribution in [1.82, 2.24) is 5.32 Å². The molecule has 0 aliphatic rings. The molecule has 0 spiro atoms. The number of benzene rings is 1. The highest BCUT2D eigenvalue weighted by atomic mass is 31.2. The molecule has 0 bridgehead atoms. The molecule has 1 rings (SSSR count). The summed E-state index contributed by atoms with van der Waals surface area (Å²) in [4.78, 5) is 25.3. The summed E-state index contributed by atoms with van der Waals surface area (Å²) in [7, 11) is -4.10. The van der Waals surface area contributed by atoms with E-state index in [4.69, 9.17) is 18.3 Å². The second-order valence-corrected chi connectivity index (χ2v) is 12.2. The van der Waals surface area contributed by atoms with E-state index in [-0.39, 0.29) is 0 Å². The van der Waals surface area contributed by atoms with Crippen molar-refractivity contribution in [3.05, 3.63) is 29.8 Å². The Bertz CT molecular complexity index is 830. The molecule has 0 fully saturated rings. The van der Waals surface area contributed by atoms with Gasteiger partial charge in [-0.15, -0.1) is 0 Å². The molecule has 0 saturated carbocycles. The first-order valence-electron chi connectivity index (χ1n) is 10.8. The van der Waals surface area contributed by atoms with Crippen LogP contribution in [0.25, 0.3) is 0 Å². The third kappa shape index (κ3) is 12.8. The lowest BCUT2D eigenvalue weighted by atomic mass is 10.2. The molecule has 2 N–H and O–H groups in total. The standard InChI is InChI=1S/C23H39N2O7P/c1-16-11-13-17(14-12-16)24-19(26)18(25-20(27)30-21(2,3)4)15-29-33(28,31-22(5,6)7)32-23(8,9)10/h11-14,18H,15H2,1-10H3,(H,24,26)(H,25,27)/t18-/m1/s1. The van der Waals surface area contributed by atoms with Crippen molar-refractivity contribution in [2.45, 2.75) is 92.1 Å². The molecule has 10 heteroatoms. The van der Waals surface area contributed by atoms with Crippen LogP contribution in [0.3, 0.4) is 0 Å². The monoisotopic (exact) mass is 486 g/mol. The van der Waals surface area contributed by atoms with E-state index in [1.807, 2.05) is 19.1 Å². The SMILES string of the molecule is Cc1ccc(NC(=O)[C@@H](COP(=O)(OC(C)(C)C)OC(C)(C)C)NC(=O)OC(C)(C)C)cc1. The number of alkyl carbamates (subject to hydrolysis) is 1. The van der Waals surface area contributed by atoms with Gasteiger partial charge in [0.1, 0.15) is 11.6 Å². The van der Waals surface area contributed by atoms with Gasteiger partial charge < -0.3 is 15.4 Å². The maximum absolute atomic E-state index is 13.3. The van der Waals surface area contributed by atoms with Crippen molar-refractivity contribution in [3.63, 3.8) is 0 Å². The summed E-state index contributed by atoms with van der Waals surface area (Å²) in [5.74, 6) is -0.581. The fourth-order valence-corrected chi connectivity index (χ4v) is 4.22. The molecule has 0 unspecified atom stereocenters. The van der Waals surface area contributed by atoms with Crippen LogP contribution >= 0.6 is 7.82 Å². The van der Waals surface area contributed by atoms with Crippen LogP contribution in [0.1, 0.15) is 67.9 Å². The number of anilines is 1. The largest absolute Gasteiger partial charge is 0.475 e. The molecule has 1 aromatic carbocycles. The first-order valence-corrected chi connectivity index (χ1v) is 12.3. The number of ether oxygens (including phenoxy) is 1. The number of carbonyl (C=O) groups excluding carboxylic acids is 2. The van der Waals surface area contributed by atoms with Gasteiger partial charge in [0.2, 0.25) is 5.91 Å². The number of phosphoric acid groups is 1. The molecule has 0 radical (unpaired) electrons. The van der Waals surface area contributed by atoms with Crippen LogP contribution in [-0.4, -0.2) is 41.5 Å². The molecule has 0 aliphatic carbocycles. The van der Waals surface area contributed by atoms with E-state index in [9.17, 15) is 14.2 Å². The number of phosphoric ester groups is 1. The van der Waals surface area contributed by atoms with Gasteiger partial charge in [0.25, 0.3) is 0 Å². The van der Waals surface area contributed by atoms with E-state index in [0.717, 1.165) is 5.56 Å². The maximum atomic E-state index is 13.3. The first kappa shape index (κ1) is 29.1. The fraction of sp³-hybridized carbons (Fsp3) is 0.652. The van der Waals surface area contributed by atoms with E-state index in [1.165, 1.54) is 0 Å². The first-order chi connectivity index (χ1) is 14.8. The average molecular weight is 487 g/mol. The predicted octanol–water partition coefficient (Wildman–Crippen LogP) is 5.58. The Morgan fingerprint density at radius 2 is 1.36 bits per heavy atom. The van der Waals surface area contributed by atoms with E-state index in [1.54, 1.807) is 74.4 Å². The Morgan fingerprint density at radius 1 is 0.879 bits per heavy atom. The minimum atomic E-state index is -4.10. The number of carbonyl (C=O) groups is 2. The molecule has 0 heterocycles. The summed E-state index contributed by atoms with van der Waals surface area (Å²) in [6.07, 6.45) is -0.821. The molecular formula is C23H39N2O7P. The zero-order valence-corrected chi connectivity index (χ0v) is 22.3. The van der Waals surface area contributed by atoms with Crippen LogP contribution in [0.5, 0.6) is 0 Å². The number of rotatable bonds is 8.